The molecule has 1 aromatic rings. The summed E-state index contributed by atoms with van der Waals surface area (Å²) in [5, 5.41) is 0. The van der Waals surface area contributed by atoms with Crippen LogP contribution in [-0.2, 0) is 0 Å². The number of thiol groups is 1. The van der Waals surface area contributed by atoms with Crippen LogP contribution in [0, 0.1) is 0 Å². The largest absolute Gasteiger partial charge is 0.338 e. The fraction of sp³-hybridized carbons (Fsp3) is 0.417. The summed E-state index contributed by atoms with van der Waals surface area (Å²) in [4.78, 5) is 14.9. The molecule has 1 heterocycles. The maximum Gasteiger partial charge on any atom is 0.253 e. The van der Waals surface area contributed by atoms with Gasteiger partial charge in [0.05, 0.1) is 0 Å². The summed E-state index contributed by atoms with van der Waals surface area (Å²) in [5.41, 5.74) is 0.729. The highest BCUT2D eigenvalue weighted by atomic mass is 32.2. The summed E-state index contributed by atoms with van der Waals surface area (Å²) in [5.74, 6) is 2.32. The Labute approximate surface area is 106 Å². The van der Waals surface area contributed by atoms with Gasteiger partial charge < -0.3 is 4.90 Å². The lowest BCUT2D eigenvalue weighted by atomic mass is 10.1. The molecule has 0 spiro atoms. The van der Waals surface area contributed by atoms with Gasteiger partial charge in [0.25, 0.3) is 5.91 Å². The zero-order chi connectivity index (χ0) is 11.5. The van der Waals surface area contributed by atoms with Gasteiger partial charge in [0.15, 0.2) is 0 Å². The van der Waals surface area contributed by atoms with Gasteiger partial charge in [-0.3, -0.25) is 4.79 Å². The molecule has 0 N–H and O–H groups in total. The summed E-state index contributed by atoms with van der Waals surface area (Å²) in [7, 11) is 1.89. The van der Waals surface area contributed by atoms with E-state index in [1.807, 2.05) is 48.0 Å². The number of amides is 1. The predicted octanol–water partition coefficient (Wildman–Crippen LogP) is 2.55. The van der Waals surface area contributed by atoms with Crippen molar-refractivity contribution in [3.63, 3.8) is 0 Å². The molecule has 2 nitrogen and oxygen atoms in total. The first kappa shape index (κ1) is 11.9. The lowest BCUT2D eigenvalue weighted by molar-refractivity contribution is 0.0747. The minimum Gasteiger partial charge on any atom is -0.338 e. The highest BCUT2D eigenvalue weighted by molar-refractivity contribution is 7.99. The van der Waals surface area contributed by atoms with Gasteiger partial charge in [0.2, 0.25) is 0 Å². The molecule has 1 aromatic carbocycles. The first-order chi connectivity index (χ1) is 7.68. The fourth-order valence-electron chi connectivity index (χ4n) is 1.84. The fourth-order valence-corrected chi connectivity index (χ4v) is 3.33. The van der Waals surface area contributed by atoms with Crippen molar-refractivity contribution in [2.75, 3.05) is 18.6 Å². The van der Waals surface area contributed by atoms with E-state index in [0.29, 0.717) is 6.04 Å². The normalized spacial score (nSPS) is 19.8. The van der Waals surface area contributed by atoms with E-state index in [9.17, 15) is 4.79 Å². The Kier molecular flexibility index (Phi) is 3.82. The molecule has 4 heteroatoms. The number of hydrogen-bond donors (Lipinski definition) is 1. The van der Waals surface area contributed by atoms with Crippen LogP contribution in [0.2, 0.25) is 0 Å². The monoisotopic (exact) mass is 253 g/mol. The standard InChI is InChI=1S/C12H15NOS2/c1-13(10-5-6-16-8-10)12(14)9-3-2-4-11(15)7-9/h2-4,7,10,15H,5-6,8H2,1H3. The summed E-state index contributed by atoms with van der Waals surface area (Å²) in [6.45, 7) is 0. The Hall–Kier alpha value is -0.610. The van der Waals surface area contributed by atoms with Gasteiger partial charge in [0, 0.05) is 29.3 Å². The molecule has 1 aliphatic rings. The van der Waals surface area contributed by atoms with E-state index >= 15 is 0 Å². The predicted molar refractivity (Wildman–Crippen MR) is 71.5 cm³/mol. The average Bonchev–Trinajstić information content (AvgIpc) is 2.80. The van der Waals surface area contributed by atoms with E-state index in [4.69, 9.17) is 0 Å². The highest BCUT2D eigenvalue weighted by Crippen LogP contribution is 2.23. The molecule has 16 heavy (non-hydrogen) atoms. The quantitative estimate of drug-likeness (QED) is 0.818. The number of carbonyl (C=O) groups is 1. The first-order valence-electron chi connectivity index (χ1n) is 5.32. The van der Waals surface area contributed by atoms with Crippen LogP contribution >= 0.6 is 24.4 Å². The van der Waals surface area contributed by atoms with Crippen molar-refractivity contribution in [2.24, 2.45) is 0 Å². The number of thioether (sulfide) groups is 1. The van der Waals surface area contributed by atoms with E-state index in [1.165, 1.54) is 0 Å². The Morgan fingerprint density at radius 1 is 1.56 bits per heavy atom. The number of benzene rings is 1. The molecule has 0 bridgehead atoms. The van der Waals surface area contributed by atoms with Gasteiger partial charge in [-0.25, -0.2) is 0 Å². The second kappa shape index (κ2) is 5.15. The number of rotatable bonds is 2. The van der Waals surface area contributed by atoms with Crippen LogP contribution in [0.4, 0.5) is 0 Å². The van der Waals surface area contributed by atoms with Gasteiger partial charge in [-0.15, -0.1) is 12.6 Å². The Bertz CT molecular complexity index is 388. The van der Waals surface area contributed by atoms with E-state index < -0.39 is 0 Å². The van der Waals surface area contributed by atoms with Crippen molar-refractivity contribution >= 4 is 30.3 Å². The Balaban J connectivity index is 2.12. The van der Waals surface area contributed by atoms with Gasteiger partial charge in [-0.1, -0.05) is 6.07 Å². The van der Waals surface area contributed by atoms with Crippen molar-refractivity contribution in [1.29, 1.82) is 0 Å². The molecule has 0 aromatic heterocycles. The third-order valence-electron chi connectivity index (χ3n) is 2.87. The molecule has 1 saturated heterocycles. The van der Waals surface area contributed by atoms with Crippen LogP contribution in [-0.4, -0.2) is 35.4 Å². The van der Waals surface area contributed by atoms with Crippen LogP contribution in [0.25, 0.3) is 0 Å². The van der Waals surface area contributed by atoms with Crippen LogP contribution in [0.1, 0.15) is 16.8 Å². The maximum absolute atomic E-state index is 12.2. The summed E-state index contributed by atoms with van der Waals surface area (Å²) in [6, 6.07) is 7.81. The van der Waals surface area contributed by atoms with Gasteiger partial charge in [0.1, 0.15) is 0 Å². The van der Waals surface area contributed by atoms with Gasteiger partial charge >= 0.3 is 0 Å². The first-order valence-corrected chi connectivity index (χ1v) is 6.92. The highest BCUT2D eigenvalue weighted by Gasteiger charge is 2.24. The molecule has 2 rings (SSSR count). The van der Waals surface area contributed by atoms with E-state index in [0.717, 1.165) is 28.4 Å². The van der Waals surface area contributed by atoms with Crippen LogP contribution in [0.15, 0.2) is 29.2 Å². The Morgan fingerprint density at radius 2 is 2.38 bits per heavy atom. The molecule has 0 aliphatic carbocycles. The SMILES string of the molecule is CN(C(=O)c1cccc(S)c1)C1CCSC1. The molecule has 1 amide bonds. The molecule has 1 aliphatic heterocycles. The summed E-state index contributed by atoms with van der Waals surface area (Å²) >= 11 is 6.17. The van der Waals surface area contributed by atoms with E-state index in [2.05, 4.69) is 12.6 Å². The molecule has 1 atom stereocenters. The second-order valence-corrected chi connectivity index (χ2v) is 5.65. The van der Waals surface area contributed by atoms with Crippen LogP contribution in [0.5, 0.6) is 0 Å². The molecular formula is C12H15NOS2. The van der Waals surface area contributed by atoms with Crippen molar-refractivity contribution in [3.8, 4) is 0 Å². The zero-order valence-corrected chi connectivity index (χ0v) is 10.9. The molecule has 86 valence electrons. The molecular weight excluding hydrogens is 238 g/mol. The lowest BCUT2D eigenvalue weighted by Gasteiger charge is -2.23. The topological polar surface area (TPSA) is 20.3 Å². The van der Waals surface area contributed by atoms with E-state index in [1.54, 1.807) is 0 Å². The smallest absolute Gasteiger partial charge is 0.253 e. The van der Waals surface area contributed by atoms with Crippen LogP contribution in [0.3, 0.4) is 0 Å². The number of hydrogen-bond acceptors (Lipinski definition) is 3. The number of carbonyl (C=O) groups excluding carboxylic acids is 1. The molecule has 1 unspecified atom stereocenters. The average molecular weight is 253 g/mol. The zero-order valence-electron chi connectivity index (χ0n) is 9.22. The molecule has 0 radical (unpaired) electrons. The van der Waals surface area contributed by atoms with Crippen LogP contribution < -0.4 is 0 Å². The minimum atomic E-state index is 0.100. The van der Waals surface area contributed by atoms with Crippen molar-refractivity contribution < 1.29 is 4.79 Å². The van der Waals surface area contributed by atoms with Crippen molar-refractivity contribution in [1.82, 2.24) is 4.90 Å². The maximum atomic E-state index is 12.2. The molecule has 0 saturated carbocycles. The van der Waals surface area contributed by atoms with Crippen molar-refractivity contribution in [3.05, 3.63) is 29.8 Å². The number of nitrogens with zero attached hydrogens (tertiary/aromatic N) is 1. The second-order valence-electron chi connectivity index (χ2n) is 3.98. The molecule has 1 fully saturated rings. The Morgan fingerprint density at radius 3 is 3.00 bits per heavy atom. The summed E-state index contributed by atoms with van der Waals surface area (Å²) < 4.78 is 0. The van der Waals surface area contributed by atoms with Gasteiger partial charge in [-0.05, 0) is 30.4 Å². The van der Waals surface area contributed by atoms with Crippen molar-refractivity contribution in [2.45, 2.75) is 17.4 Å². The van der Waals surface area contributed by atoms with Gasteiger partial charge in [-0.2, -0.15) is 11.8 Å². The minimum absolute atomic E-state index is 0.100. The summed E-state index contributed by atoms with van der Waals surface area (Å²) in [6.07, 6.45) is 1.10. The lowest BCUT2D eigenvalue weighted by Crippen LogP contribution is -2.36. The third-order valence-corrected chi connectivity index (χ3v) is 4.29. The van der Waals surface area contributed by atoms with E-state index in [-0.39, 0.29) is 5.91 Å². The third kappa shape index (κ3) is 2.55.